The van der Waals surface area contributed by atoms with Crippen LogP contribution in [-0.4, -0.2) is 20.1 Å². The van der Waals surface area contributed by atoms with Crippen LogP contribution in [0.25, 0.3) is 11.1 Å². The molecule has 0 radical (unpaired) electrons. The molecular weight excluding hydrogens is 428 g/mol. The molecule has 0 amide bonds. The third-order valence-electron chi connectivity index (χ3n) is 2.81. The maximum absolute atomic E-state index is 10.9. The monoisotopic (exact) mass is 432 g/mol. The summed E-state index contributed by atoms with van der Waals surface area (Å²) in [6, 6.07) is 4.93. The summed E-state index contributed by atoms with van der Waals surface area (Å²) in [5.41, 5.74) is -0.562. The van der Waals surface area contributed by atoms with Gasteiger partial charge in [0, 0.05) is 12.1 Å². The molecule has 22 heavy (non-hydrogen) atoms. The number of hydrogen-bond acceptors (Lipinski definition) is 6. The van der Waals surface area contributed by atoms with Crippen molar-refractivity contribution >= 4 is 43.2 Å². The van der Waals surface area contributed by atoms with Gasteiger partial charge >= 0.3 is 11.4 Å². The van der Waals surface area contributed by atoms with E-state index in [0.717, 1.165) is 12.1 Å². The highest BCUT2D eigenvalue weighted by molar-refractivity contribution is 9.11. The van der Waals surface area contributed by atoms with E-state index in [1.54, 1.807) is 0 Å². The number of benzene rings is 2. The molecule has 0 fully saturated rings. The molecule has 2 aromatic rings. The molecular formula is C12H6Br2N2O6. The Labute approximate surface area is 139 Å². The first-order valence-corrected chi connectivity index (χ1v) is 7.15. The fourth-order valence-electron chi connectivity index (χ4n) is 1.78. The number of phenols is 2. The lowest BCUT2D eigenvalue weighted by atomic mass is 10.0. The van der Waals surface area contributed by atoms with E-state index in [-0.39, 0.29) is 20.1 Å². The molecule has 0 aliphatic rings. The molecule has 114 valence electrons. The summed E-state index contributed by atoms with van der Waals surface area (Å²) in [4.78, 5) is 20.3. The molecule has 0 aliphatic heterocycles. The van der Waals surface area contributed by atoms with Crippen LogP contribution in [-0.2, 0) is 0 Å². The molecule has 0 saturated carbocycles. The molecule has 10 heteroatoms. The summed E-state index contributed by atoms with van der Waals surface area (Å²) in [6.45, 7) is 0. The van der Waals surface area contributed by atoms with E-state index in [9.17, 15) is 30.4 Å². The molecule has 0 aliphatic carbocycles. The van der Waals surface area contributed by atoms with Crippen molar-refractivity contribution in [2.24, 2.45) is 0 Å². The Morgan fingerprint density at radius 2 is 1.09 bits per heavy atom. The molecule has 0 saturated heterocycles. The standard InChI is InChI=1S/C12H6Br2N2O6/c13-7-1-5(3-9(11(7)17)15(19)20)6-2-8(14)12(18)10(4-6)16(21)22/h1-4,17-18H. The lowest BCUT2D eigenvalue weighted by Gasteiger charge is -2.07. The summed E-state index contributed by atoms with van der Waals surface area (Å²) in [6.07, 6.45) is 0. The van der Waals surface area contributed by atoms with Crippen LogP contribution < -0.4 is 0 Å². The first-order chi connectivity index (χ1) is 10.2. The Morgan fingerprint density at radius 1 is 0.773 bits per heavy atom. The van der Waals surface area contributed by atoms with Crippen molar-refractivity contribution in [3.63, 3.8) is 0 Å². The van der Waals surface area contributed by atoms with E-state index in [0.29, 0.717) is 0 Å². The van der Waals surface area contributed by atoms with Crippen molar-refractivity contribution in [2.75, 3.05) is 0 Å². The number of nitro benzene ring substituents is 2. The summed E-state index contributed by atoms with van der Waals surface area (Å²) < 4.78 is 0.145. The minimum absolute atomic E-state index is 0.0727. The minimum Gasteiger partial charge on any atom is -0.501 e. The van der Waals surface area contributed by atoms with Gasteiger partial charge in [0.2, 0.25) is 11.5 Å². The number of rotatable bonds is 3. The molecule has 0 bridgehead atoms. The molecule has 2 N–H and O–H groups in total. The van der Waals surface area contributed by atoms with Crippen LogP contribution in [0.1, 0.15) is 0 Å². The second-order valence-corrected chi connectivity index (χ2v) is 5.87. The number of hydrogen-bond donors (Lipinski definition) is 2. The van der Waals surface area contributed by atoms with Crippen LogP contribution in [0.4, 0.5) is 11.4 Å². The van der Waals surface area contributed by atoms with E-state index < -0.39 is 32.7 Å². The number of nitrogens with zero attached hydrogens (tertiary/aromatic N) is 2. The molecule has 8 nitrogen and oxygen atoms in total. The van der Waals surface area contributed by atoms with Crippen LogP contribution in [0.2, 0.25) is 0 Å². The number of halogens is 2. The lowest BCUT2D eigenvalue weighted by molar-refractivity contribution is -0.386. The van der Waals surface area contributed by atoms with Gasteiger partial charge in [-0.2, -0.15) is 0 Å². The second-order valence-electron chi connectivity index (χ2n) is 4.17. The van der Waals surface area contributed by atoms with Crippen LogP contribution in [0.15, 0.2) is 33.2 Å². The van der Waals surface area contributed by atoms with Gasteiger partial charge in [-0.1, -0.05) is 0 Å². The van der Waals surface area contributed by atoms with Crippen LogP contribution in [0.5, 0.6) is 11.5 Å². The molecule has 2 aromatic carbocycles. The van der Waals surface area contributed by atoms with Gasteiger partial charge in [-0.3, -0.25) is 20.2 Å². The third kappa shape index (κ3) is 2.88. The highest BCUT2D eigenvalue weighted by Crippen LogP contribution is 2.42. The highest BCUT2D eigenvalue weighted by Gasteiger charge is 2.22. The minimum atomic E-state index is -0.770. The maximum Gasteiger partial charge on any atom is 0.312 e. The number of phenolic OH excluding ortho intramolecular Hbond substituents is 2. The van der Waals surface area contributed by atoms with Crippen molar-refractivity contribution < 1.29 is 20.1 Å². The van der Waals surface area contributed by atoms with Crippen LogP contribution in [0.3, 0.4) is 0 Å². The van der Waals surface area contributed by atoms with Gasteiger partial charge in [0.1, 0.15) is 0 Å². The number of aromatic hydroxyl groups is 2. The van der Waals surface area contributed by atoms with Crippen LogP contribution >= 0.6 is 31.9 Å². The molecule has 0 heterocycles. The second kappa shape index (κ2) is 5.89. The average molecular weight is 434 g/mol. The fourth-order valence-corrected chi connectivity index (χ4v) is 2.68. The predicted octanol–water partition coefficient (Wildman–Crippen LogP) is 4.11. The maximum atomic E-state index is 10.9. The van der Waals surface area contributed by atoms with Crippen molar-refractivity contribution in [3.05, 3.63) is 53.4 Å². The molecule has 2 rings (SSSR count). The quantitative estimate of drug-likeness (QED) is 0.553. The molecule has 0 atom stereocenters. The van der Waals surface area contributed by atoms with E-state index >= 15 is 0 Å². The zero-order valence-corrected chi connectivity index (χ0v) is 13.7. The summed E-state index contributed by atoms with van der Waals surface area (Å²) in [7, 11) is 0. The summed E-state index contributed by atoms with van der Waals surface area (Å²) >= 11 is 5.99. The highest BCUT2D eigenvalue weighted by atomic mass is 79.9. The van der Waals surface area contributed by atoms with Gasteiger partial charge in [0.25, 0.3) is 0 Å². The molecule has 0 spiro atoms. The Hall–Kier alpha value is -2.20. The van der Waals surface area contributed by atoms with Crippen molar-refractivity contribution in [3.8, 4) is 22.6 Å². The predicted molar refractivity (Wildman–Crippen MR) is 83.9 cm³/mol. The normalized spacial score (nSPS) is 10.5. The van der Waals surface area contributed by atoms with Gasteiger partial charge in [-0.25, -0.2) is 0 Å². The van der Waals surface area contributed by atoms with Crippen LogP contribution in [0, 0.1) is 20.2 Å². The third-order valence-corrected chi connectivity index (χ3v) is 4.02. The van der Waals surface area contributed by atoms with Crippen molar-refractivity contribution in [1.29, 1.82) is 0 Å². The molecule has 0 unspecified atom stereocenters. The number of nitro groups is 2. The SMILES string of the molecule is O=[N+]([O-])c1cc(-c2cc(Br)c(O)c([N+](=O)[O-])c2)cc(Br)c1O. The Morgan fingerprint density at radius 3 is 1.36 bits per heavy atom. The first-order valence-electron chi connectivity index (χ1n) is 5.56. The van der Waals surface area contributed by atoms with E-state index in [1.165, 1.54) is 12.1 Å². The summed E-state index contributed by atoms with van der Waals surface area (Å²) in [5, 5.41) is 41.1. The molecule has 0 aromatic heterocycles. The Kier molecular flexibility index (Phi) is 4.33. The fraction of sp³-hybridized carbons (Fsp3) is 0. The Balaban J connectivity index is 2.72. The van der Waals surface area contributed by atoms with E-state index in [1.807, 2.05) is 0 Å². The zero-order chi connectivity index (χ0) is 16.6. The van der Waals surface area contributed by atoms with Gasteiger partial charge in [0.15, 0.2) is 0 Å². The average Bonchev–Trinajstić information content (AvgIpc) is 2.43. The summed E-state index contributed by atoms with van der Waals surface area (Å²) in [5.74, 6) is -1.08. The first kappa shape index (κ1) is 16.2. The van der Waals surface area contributed by atoms with Gasteiger partial charge < -0.3 is 10.2 Å². The van der Waals surface area contributed by atoms with Crippen molar-refractivity contribution in [2.45, 2.75) is 0 Å². The van der Waals surface area contributed by atoms with E-state index in [2.05, 4.69) is 31.9 Å². The largest absolute Gasteiger partial charge is 0.501 e. The Bertz CT molecular complexity index is 741. The van der Waals surface area contributed by atoms with E-state index in [4.69, 9.17) is 0 Å². The van der Waals surface area contributed by atoms with Gasteiger partial charge in [-0.15, -0.1) is 0 Å². The van der Waals surface area contributed by atoms with Gasteiger partial charge in [0.05, 0.1) is 18.8 Å². The van der Waals surface area contributed by atoms with Crippen molar-refractivity contribution in [1.82, 2.24) is 0 Å². The zero-order valence-electron chi connectivity index (χ0n) is 10.5. The topological polar surface area (TPSA) is 127 Å². The smallest absolute Gasteiger partial charge is 0.312 e. The van der Waals surface area contributed by atoms with Gasteiger partial charge in [-0.05, 0) is 55.1 Å². The lowest BCUT2D eigenvalue weighted by Crippen LogP contribution is -1.93.